The number of ether oxygens (including phenoxy) is 1. The second kappa shape index (κ2) is 11.2. The number of alkyl halides is 2. The molecule has 1 amide bonds. The van der Waals surface area contributed by atoms with E-state index in [2.05, 4.69) is 15.0 Å². The van der Waals surface area contributed by atoms with E-state index in [1.54, 1.807) is 36.4 Å². The zero-order chi connectivity index (χ0) is 22.2. The minimum absolute atomic E-state index is 0.0301. The average Bonchev–Trinajstić information content (AvgIpc) is 2.75. The van der Waals surface area contributed by atoms with Crippen molar-refractivity contribution in [3.63, 3.8) is 0 Å². The molecule has 1 saturated heterocycles. The van der Waals surface area contributed by atoms with Gasteiger partial charge >= 0.3 is 6.61 Å². The molecule has 1 fully saturated rings. The number of rotatable bonds is 9. The van der Waals surface area contributed by atoms with Crippen LogP contribution in [0.15, 0.2) is 48.5 Å². The number of nitrogens with zero attached hydrogens (tertiary/aromatic N) is 1. The highest BCUT2D eigenvalue weighted by atomic mass is 35.5. The summed E-state index contributed by atoms with van der Waals surface area (Å²) in [6, 6.07) is 13.3. The van der Waals surface area contributed by atoms with Gasteiger partial charge in [-0.05, 0) is 74.3 Å². The van der Waals surface area contributed by atoms with E-state index in [4.69, 9.17) is 11.6 Å². The Kier molecular flexibility index (Phi) is 8.37. The highest BCUT2D eigenvalue weighted by Gasteiger charge is 2.26. The molecule has 0 aromatic heterocycles. The van der Waals surface area contributed by atoms with Gasteiger partial charge in [-0.2, -0.15) is 8.78 Å². The standard InChI is InChI=1S/C23H25ClF2N2O3/c24-19-5-3-17(4-6-19)22(30)18-10-13-28(14-11-18)15-21(29)27-12-9-16-1-7-20(8-2-16)31-23(25)26/h1-8,18,23H,9-15H2,(H,27,29). The molecule has 1 N–H and O–H groups in total. The molecule has 5 nitrogen and oxygen atoms in total. The normalized spacial score (nSPS) is 15.1. The maximum atomic E-state index is 12.6. The van der Waals surface area contributed by atoms with E-state index in [0.717, 1.165) is 18.4 Å². The topological polar surface area (TPSA) is 58.6 Å². The minimum Gasteiger partial charge on any atom is -0.435 e. The molecule has 3 rings (SSSR count). The van der Waals surface area contributed by atoms with Crippen molar-refractivity contribution >= 4 is 23.3 Å². The summed E-state index contributed by atoms with van der Waals surface area (Å²) in [6.45, 7) is -0.695. The monoisotopic (exact) mass is 450 g/mol. The van der Waals surface area contributed by atoms with Crippen molar-refractivity contribution in [1.82, 2.24) is 10.2 Å². The SMILES string of the molecule is O=C(CN1CCC(C(=O)c2ccc(Cl)cc2)CC1)NCCc1ccc(OC(F)F)cc1. The first-order chi connectivity index (χ1) is 14.9. The molecule has 8 heteroatoms. The Labute approximate surface area is 185 Å². The summed E-state index contributed by atoms with van der Waals surface area (Å²) in [6.07, 6.45) is 2.04. The summed E-state index contributed by atoms with van der Waals surface area (Å²) in [5.74, 6) is 0.143. The van der Waals surface area contributed by atoms with Crippen LogP contribution in [0.3, 0.4) is 0 Å². The Morgan fingerprint density at radius 1 is 1.06 bits per heavy atom. The van der Waals surface area contributed by atoms with Gasteiger partial charge in [0.2, 0.25) is 5.91 Å². The zero-order valence-electron chi connectivity index (χ0n) is 17.0. The van der Waals surface area contributed by atoms with Crippen molar-refractivity contribution in [2.24, 2.45) is 5.92 Å². The Hall–Kier alpha value is -2.51. The van der Waals surface area contributed by atoms with Gasteiger partial charge in [0.25, 0.3) is 0 Å². The van der Waals surface area contributed by atoms with Crippen LogP contribution in [0.1, 0.15) is 28.8 Å². The van der Waals surface area contributed by atoms with Crippen molar-refractivity contribution in [2.45, 2.75) is 25.9 Å². The average molecular weight is 451 g/mol. The lowest BCUT2D eigenvalue weighted by Crippen LogP contribution is -2.43. The first kappa shape index (κ1) is 23.2. The van der Waals surface area contributed by atoms with E-state index in [1.807, 2.05) is 0 Å². The number of Topliss-reactive ketones (excluding diaryl/α,β-unsaturated/α-hetero) is 1. The summed E-state index contributed by atoms with van der Waals surface area (Å²) in [5, 5.41) is 3.49. The Bertz CT molecular complexity index is 867. The van der Waals surface area contributed by atoms with E-state index < -0.39 is 6.61 Å². The van der Waals surface area contributed by atoms with Crippen LogP contribution in [0.25, 0.3) is 0 Å². The van der Waals surface area contributed by atoms with E-state index in [0.29, 0.717) is 43.2 Å². The third-order valence-corrected chi connectivity index (χ3v) is 5.59. The predicted octanol–water partition coefficient (Wildman–Crippen LogP) is 4.20. The van der Waals surface area contributed by atoms with Crippen LogP contribution >= 0.6 is 11.6 Å². The molecular weight excluding hydrogens is 426 g/mol. The number of carbonyl (C=O) groups is 2. The molecule has 1 aliphatic heterocycles. The molecular formula is C23H25ClF2N2O3. The molecule has 0 saturated carbocycles. The summed E-state index contributed by atoms with van der Waals surface area (Å²) in [5.41, 5.74) is 1.60. The van der Waals surface area contributed by atoms with Gasteiger partial charge in [0.1, 0.15) is 5.75 Å². The van der Waals surface area contributed by atoms with Gasteiger partial charge in [0.05, 0.1) is 6.54 Å². The Morgan fingerprint density at radius 2 is 1.71 bits per heavy atom. The molecule has 1 heterocycles. The van der Waals surface area contributed by atoms with Gasteiger partial charge in [-0.25, -0.2) is 0 Å². The number of nitrogens with one attached hydrogen (secondary N) is 1. The zero-order valence-corrected chi connectivity index (χ0v) is 17.8. The molecule has 0 aliphatic carbocycles. The van der Waals surface area contributed by atoms with Gasteiger partial charge in [-0.15, -0.1) is 0 Å². The number of benzene rings is 2. The molecule has 166 valence electrons. The highest BCUT2D eigenvalue weighted by molar-refractivity contribution is 6.30. The van der Waals surface area contributed by atoms with Gasteiger partial charge in [-0.1, -0.05) is 23.7 Å². The molecule has 0 radical (unpaired) electrons. The number of amides is 1. The van der Waals surface area contributed by atoms with Gasteiger partial charge < -0.3 is 10.1 Å². The summed E-state index contributed by atoms with van der Waals surface area (Å²) in [4.78, 5) is 26.9. The third-order valence-electron chi connectivity index (χ3n) is 5.34. The maximum Gasteiger partial charge on any atom is 0.387 e. The number of hydrogen-bond donors (Lipinski definition) is 1. The maximum absolute atomic E-state index is 12.6. The summed E-state index contributed by atoms with van der Waals surface area (Å²) < 4.78 is 28.6. The van der Waals surface area contributed by atoms with Crippen molar-refractivity contribution in [3.8, 4) is 5.75 Å². The van der Waals surface area contributed by atoms with Crippen molar-refractivity contribution in [1.29, 1.82) is 0 Å². The quantitative estimate of drug-likeness (QED) is 0.582. The first-order valence-electron chi connectivity index (χ1n) is 10.2. The van der Waals surface area contributed by atoms with Crippen LogP contribution in [0.4, 0.5) is 8.78 Å². The lowest BCUT2D eigenvalue weighted by atomic mass is 9.89. The number of piperidine rings is 1. The second-order valence-corrected chi connectivity index (χ2v) is 7.98. The van der Waals surface area contributed by atoms with Crippen LogP contribution in [0, 0.1) is 5.92 Å². The molecule has 1 aliphatic rings. The van der Waals surface area contributed by atoms with E-state index in [1.165, 1.54) is 12.1 Å². The number of hydrogen-bond acceptors (Lipinski definition) is 4. The predicted molar refractivity (Wildman–Crippen MR) is 115 cm³/mol. The summed E-state index contributed by atoms with van der Waals surface area (Å²) >= 11 is 5.88. The molecule has 31 heavy (non-hydrogen) atoms. The van der Waals surface area contributed by atoms with Crippen LogP contribution in [0.2, 0.25) is 5.02 Å². The highest BCUT2D eigenvalue weighted by Crippen LogP contribution is 2.22. The van der Waals surface area contributed by atoms with Crippen LogP contribution in [0.5, 0.6) is 5.75 Å². The number of carbonyl (C=O) groups excluding carboxylic acids is 2. The molecule has 2 aromatic carbocycles. The Morgan fingerprint density at radius 3 is 2.32 bits per heavy atom. The van der Waals surface area contributed by atoms with Gasteiger partial charge in [0, 0.05) is 23.0 Å². The van der Waals surface area contributed by atoms with Gasteiger partial charge in [-0.3, -0.25) is 14.5 Å². The third kappa shape index (κ3) is 7.29. The molecule has 0 unspecified atom stereocenters. The van der Waals surface area contributed by atoms with E-state index >= 15 is 0 Å². The minimum atomic E-state index is -2.84. The van der Waals surface area contributed by atoms with Crippen molar-refractivity contribution in [3.05, 3.63) is 64.7 Å². The number of ketones is 1. The second-order valence-electron chi connectivity index (χ2n) is 7.54. The Balaban J connectivity index is 1.35. The fraction of sp³-hybridized carbons (Fsp3) is 0.391. The van der Waals surface area contributed by atoms with Crippen molar-refractivity contribution < 1.29 is 23.1 Å². The molecule has 0 bridgehead atoms. The fourth-order valence-corrected chi connectivity index (χ4v) is 3.77. The van der Waals surface area contributed by atoms with Crippen LogP contribution < -0.4 is 10.1 Å². The molecule has 2 aromatic rings. The molecule has 0 spiro atoms. The number of likely N-dealkylation sites (tertiary alicyclic amines) is 1. The van der Waals surface area contributed by atoms with Crippen LogP contribution in [-0.2, 0) is 11.2 Å². The van der Waals surface area contributed by atoms with Crippen molar-refractivity contribution in [2.75, 3.05) is 26.2 Å². The molecule has 0 atom stereocenters. The fourth-order valence-electron chi connectivity index (χ4n) is 3.65. The number of halogens is 3. The van der Waals surface area contributed by atoms with Gasteiger partial charge in [0.15, 0.2) is 5.78 Å². The largest absolute Gasteiger partial charge is 0.435 e. The van der Waals surface area contributed by atoms with E-state index in [9.17, 15) is 18.4 Å². The van der Waals surface area contributed by atoms with E-state index in [-0.39, 0.29) is 23.4 Å². The smallest absolute Gasteiger partial charge is 0.387 e. The van der Waals surface area contributed by atoms with Crippen LogP contribution in [-0.4, -0.2) is 49.4 Å². The lowest BCUT2D eigenvalue weighted by molar-refractivity contribution is -0.122. The summed E-state index contributed by atoms with van der Waals surface area (Å²) in [7, 11) is 0. The lowest BCUT2D eigenvalue weighted by Gasteiger charge is -2.30. The first-order valence-corrected chi connectivity index (χ1v) is 10.6.